The van der Waals surface area contributed by atoms with Crippen molar-refractivity contribution in [2.75, 3.05) is 12.8 Å². The van der Waals surface area contributed by atoms with Gasteiger partial charge in [0.05, 0.1) is 18.4 Å². The van der Waals surface area contributed by atoms with Crippen LogP contribution >= 0.6 is 0 Å². The van der Waals surface area contributed by atoms with E-state index >= 15 is 0 Å². The van der Waals surface area contributed by atoms with E-state index in [1.807, 2.05) is 30.3 Å². The van der Waals surface area contributed by atoms with E-state index in [4.69, 9.17) is 5.11 Å². The summed E-state index contributed by atoms with van der Waals surface area (Å²) in [6.07, 6.45) is 6.74. The summed E-state index contributed by atoms with van der Waals surface area (Å²) in [5.74, 6) is -0.808. The number of hydrogen-bond acceptors (Lipinski definition) is 4. The largest absolute Gasteiger partial charge is 0.481 e. The zero-order chi connectivity index (χ0) is 21.0. The van der Waals surface area contributed by atoms with Gasteiger partial charge in [-0.05, 0) is 24.8 Å². The highest BCUT2D eigenvalue weighted by atomic mass is 32.2. The average molecular weight is 414 g/mol. The first-order valence-corrected chi connectivity index (χ1v) is 12.0. The van der Waals surface area contributed by atoms with Gasteiger partial charge < -0.3 is 10.2 Å². The quantitative estimate of drug-likeness (QED) is 0.424. The third kappa shape index (κ3) is 9.17. The monoisotopic (exact) mass is 413 g/mol. The van der Waals surface area contributed by atoms with Gasteiger partial charge in [0.1, 0.15) is 0 Å². The lowest BCUT2D eigenvalue weighted by atomic mass is 9.97. The lowest BCUT2D eigenvalue weighted by Gasteiger charge is -2.33. The molecule has 0 bridgehead atoms. The normalized spacial score (nSPS) is 14.1. The third-order valence-corrected chi connectivity index (χ3v) is 6.13. The number of carbonyl (C=O) groups is 1. The molecule has 0 aromatic heterocycles. The molecule has 0 fully saturated rings. The van der Waals surface area contributed by atoms with Crippen LogP contribution in [0.4, 0.5) is 0 Å². The van der Waals surface area contributed by atoms with Crippen LogP contribution in [-0.2, 0) is 14.8 Å². The minimum Gasteiger partial charge on any atom is -0.481 e. The molecule has 6 nitrogen and oxygen atoms in total. The number of aliphatic hydroxyl groups excluding tert-OH is 1. The fourth-order valence-electron chi connectivity index (χ4n) is 3.40. The Bertz CT molecular complexity index is 663. The number of rotatable bonds is 15. The van der Waals surface area contributed by atoms with Crippen LogP contribution in [0.1, 0.15) is 76.3 Å². The molecular weight excluding hydrogens is 378 g/mol. The molecule has 1 rings (SSSR count). The predicted octanol–water partition coefficient (Wildman–Crippen LogP) is 3.97. The molecule has 1 aromatic rings. The van der Waals surface area contributed by atoms with Gasteiger partial charge in [-0.3, -0.25) is 4.79 Å². The van der Waals surface area contributed by atoms with Crippen molar-refractivity contribution in [2.24, 2.45) is 0 Å². The number of carboxylic acids is 1. The molecule has 0 heterocycles. The van der Waals surface area contributed by atoms with Crippen molar-refractivity contribution in [1.29, 1.82) is 0 Å². The maximum absolute atomic E-state index is 12.5. The minimum atomic E-state index is -3.51. The molecule has 0 saturated carbocycles. The summed E-state index contributed by atoms with van der Waals surface area (Å²) in [5, 5.41) is 19.6. The number of sulfonamides is 1. The molecule has 1 aromatic carbocycles. The smallest absolute Gasteiger partial charge is 0.303 e. The highest BCUT2D eigenvalue weighted by molar-refractivity contribution is 7.88. The molecule has 2 N–H and O–H groups in total. The summed E-state index contributed by atoms with van der Waals surface area (Å²) in [5.41, 5.74) is 0.794. The first-order chi connectivity index (χ1) is 13.3. The molecule has 0 spiro atoms. The van der Waals surface area contributed by atoms with Crippen LogP contribution in [0.15, 0.2) is 30.3 Å². The van der Waals surface area contributed by atoms with E-state index in [1.54, 1.807) is 0 Å². The van der Waals surface area contributed by atoms with Gasteiger partial charge in [-0.15, -0.1) is 0 Å². The molecule has 0 amide bonds. The first-order valence-electron chi connectivity index (χ1n) is 10.2. The van der Waals surface area contributed by atoms with E-state index in [0.29, 0.717) is 25.8 Å². The Morgan fingerprint density at radius 2 is 1.68 bits per heavy atom. The van der Waals surface area contributed by atoms with Gasteiger partial charge in [-0.25, -0.2) is 8.42 Å². The molecule has 160 valence electrons. The second kappa shape index (κ2) is 12.9. The van der Waals surface area contributed by atoms with E-state index in [0.717, 1.165) is 37.7 Å². The summed E-state index contributed by atoms with van der Waals surface area (Å²) in [6, 6.07) is 8.70. The maximum atomic E-state index is 12.5. The molecule has 2 unspecified atom stereocenters. The fourth-order valence-corrected chi connectivity index (χ4v) is 4.54. The summed E-state index contributed by atoms with van der Waals surface area (Å²) in [7, 11) is -3.51. The zero-order valence-electron chi connectivity index (χ0n) is 17.1. The van der Waals surface area contributed by atoms with E-state index in [-0.39, 0.29) is 6.42 Å². The van der Waals surface area contributed by atoms with Gasteiger partial charge in [-0.1, -0.05) is 69.4 Å². The summed E-state index contributed by atoms with van der Waals surface area (Å²) in [6.45, 7) is 2.41. The Kier molecular flexibility index (Phi) is 11.3. The number of hydrogen-bond donors (Lipinski definition) is 2. The Labute approximate surface area is 169 Å². The predicted molar refractivity (Wildman–Crippen MR) is 112 cm³/mol. The standard InChI is InChI=1S/C21H35NO5S/c1-3-4-8-15-19(23)21(18-13-9-7-10-14-18)22(28(2,26)27)17-12-6-5-11-16-20(24)25/h7,9-10,13-14,19,21,23H,3-6,8,11-12,15-17H2,1-2H3,(H,24,25). The van der Waals surface area contributed by atoms with Crippen LogP contribution < -0.4 is 0 Å². The average Bonchev–Trinajstić information content (AvgIpc) is 2.63. The topological polar surface area (TPSA) is 94.9 Å². The van der Waals surface area contributed by atoms with Crippen LogP contribution in [0.5, 0.6) is 0 Å². The van der Waals surface area contributed by atoms with Crippen molar-refractivity contribution in [2.45, 2.75) is 76.9 Å². The number of aliphatic hydroxyl groups is 1. The van der Waals surface area contributed by atoms with Gasteiger partial charge in [-0.2, -0.15) is 4.31 Å². The molecule has 28 heavy (non-hydrogen) atoms. The summed E-state index contributed by atoms with van der Waals surface area (Å²) < 4.78 is 26.5. The Morgan fingerprint density at radius 3 is 2.25 bits per heavy atom. The SMILES string of the molecule is CCCCCC(O)C(c1ccccc1)N(CCCCCCC(=O)O)S(C)(=O)=O. The minimum absolute atomic E-state index is 0.137. The van der Waals surface area contributed by atoms with Crippen molar-refractivity contribution in [3.8, 4) is 0 Å². The van der Waals surface area contributed by atoms with E-state index < -0.39 is 28.1 Å². The highest BCUT2D eigenvalue weighted by Crippen LogP contribution is 2.30. The number of benzene rings is 1. The Morgan fingerprint density at radius 1 is 1.04 bits per heavy atom. The molecule has 2 atom stereocenters. The maximum Gasteiger partial charge on any atom is 0.303 e. The number of aliphatic carboxylic acids is 1. The first kappa shape index (κ1) is 24.6. The van der Waals surface area contributed by atoms with Gasteiger partial charge in [0.2, 0.25) is 10.0 Å². The van der Waals surface area contributed by atoms with E-state index in [2.05, 4.69) is 6.92 Å². The number of nitrogens with zero attached hydrogens (tertiary/aromatic N) is 1. The number of carboxylic acid groups (broad SMARTS) is 1. The Hall–Kier alpha value is -1.44. The molecule has 0 aliphatic carbocycles. The lowest BCUT2D eigenvalue weighted by molar-refractivity contribution is -0.137. The lowest BCUT2D eigenvalue weighted by Crippen LogP contribution is -2.41. The fraction of sp³-hybridized carbons (Fsp3) is 0.667. The second-order valence-electron chi connectivity index (χ2n) is 7.35. The van der Waals surface area contributed by atoms with Crippen molar-refractivity contribution < 1.29 is 23.4 Å². The zero-order valence-corrected chi connectivity index (χ0v) is 17.9. The van der Waals surface area contributed by atoms with Crippen LogP contribution in [0.3, 0.4) is 0 Å². The van der Waals surface area contributed by atoms with Crippen molar-refractivity contribution >= 4 is 16.0 Å². The molecule has 0 saturated heterocycles. The van der Waals surface area contributed by atoms with Crippen molar-refractivity contribution in [3.05, 3.63) is 35.9 Å². The molecule has 7 heteroatoms. The van der Waals surface area contributed by atoms with E-state index in [9.17, 15) is 18.3 Å². The van der Waals surface area contributed by atoms with Crippen molar-refractivity contribution in [3.63, 3.8) is 0 Å². The van der Waals surface area contributed by atoms with Gasteiger partial charge >= 0.3 is 5.97 Å². The highest BCUT2D eigenvalue weighted by Gasteiger charge is 2.32. The summed E-state index contributed by atoms with van der Waals surface area (Å²) >= 11 is 0. The molecule has 0 aliphatic rings. The third-order valence-electron chi connectivity index (χ3n) is 4.86. The van der Waals surface area contributed by atoms with Crippen LogP contribution in [0, 0.1) is 0 Å². The van der Waals surface area contributed by atoms with E-state index in [1.165, 1.54) is 10.6 Å². The van der Waals surface area contributed by atoms with Crippen molar-refractivity contribution in [1.82, 2.24) is 4.31 Å². The van der Waals surface area contributed by atoms with Gasteiger partial charge in [0.15, 0.2) is 0 Å². The van der Waals surface area contributed by atoms with Gasteiger partial charge in [0, 0.05) is 13.0 Å². The van der Waals surface area contributed by atoms with Gasteiger partial charge in [0.25, 0.3) is 0 Å². The van der Waals surface area contributed by atoms with Crippen LogP contribution in [0.2, 0.25) is 0 Å². The van der Waals surface area contributed by atoms with Crippen LogP contribution in [-0.4, -0.2) is 47.8 Å². The number of unbranched alkanes of at least 4 members (excludes halogenated alkanes) is 5. The molecule has 0 aliphatic heterocycles. The Balaban J connectivity index is 2.88. The second-order valence-corrected chi connectivity index (χ2v) is 9.29. The van der Waals surface area contributed by atoms with Crippen LogP contribution in [0.25, 0.3) is 0 Å². The molecular formula is C21H35NO5S. The summed E-state index contributed by atoms with van der Waals surface area (Å²) in [4.78, 5) is 10.6. The molecule has 0 radical (unpaired) electrons.